The first kappa shape index (κ1) is 23.6. The number of anilines is 2. The summed E-state index contributed by atoms with van der Waals surface area (Å²) < 4.78 is 19.0. The zero-order chi connectivity index (χ0) is 23.9. The van der Waals surface area contributed by atoms with Crippen LogP contribution in [0, 0.1) is 12.7 Å². The van der Waals surface area contributed by atoms with E-state index in [4.69, 9.17) is 10.5 Å². The van der Waals surface area contributed by atoms with E-state index < -0.39 is 5.91 Å². The topological polar surface area (TPSA) is 93.4 Å². The molecule has 3 N–H and O–H groups in total. The Morgan fingerprint density at radius 3 is 2.68 bits per heavy atom. The van der Waals surface area contributed by atoms with Gasteiger partial charge in [0.25, 0.3) is 5.91 Å². The van der Waals surface area contributed by atoms with Crippen LogP contribution in [0.15, 0.2) is 48.5 Å². The number of aromatic nitrogens is 2. The quantitative estimate of drug-likeness (QED) is 0.503. The van der Waals surface area contributed by atoms with Crippen molar-refractivity contribution in [1.82, 2.24) is 10.2 Å². The number of rotatable bonds is 9. The van der Waals surface area contributed by atoms with E-state index in [1.165, 1.54) is 28.9 Å². The number of nitrogens with one attached hydrogen (secondary N) is 1. The van der Waals surface area contributed by atoms with Crippen LogP contribution in [-0.2, 0) is 24.1 Å². The van der Waals surface area contributed by atoms with Crippen molar-refractivity contribution in [3.05, 3.63) is 82.4 Å². The van der Waals surface area contributed by atoms with E-state index in [-0.39, 0.29) is 11.5 Å². The highest BCUT2D eigenvalue weighted by Crippen LogP contribution is 2.25. The number of hydrogen-bond donors (Lipinski definition) is 2. The van der Waals surface area contributed by atoms with Crippen LogP contribution in [0.5, 0.6) is 0 Å². The first-order chi connectivity index (χ1) is 16.5. The van der Waals surface area contributed by atoms with Gasteiger partial charge in [0.1, 0.15) is 5.82 Å². The molecule has 2 aromatic carbocycles. The molecule has 34 heavy (non-hydrogen) atoms. The predicted molar refractivity (Wildman–Crippen MR) is 131 cm³/mol. The van der Waals surface area contributed by atoms with Gasteiger partial charge in [0, 0.05) is 25.3 Å². The number of ether oxygens (including phenoxy) is 1. The molecule has 0 bridgehead atoms. The second-order valence-electron chi connectivity index (χ2n) is 8.46. The molecule has 2 heterocycles. The molecule has 0 saturated carbocycles. The number of amides is 1. The number of benzene rings is 2. The summed E-state index contributed by atoms with van der Waals surface area (Å²) in [6.45, 7) is 5.88. The van der Waals surface area contributed by atoms with Crippen LogP contribution >= 0.6 is 0 Å². The summed E-state index contributed by atoms with van der Waals surface area (Å²) in [4.78, 5) is 14.2. The Morgan fingerprint density at radius 1 is 1.12 bits per heavy atom. The van der Waals surface area contributed by atoms with Crippen molar-refractivity contribution in [2.24, 2.45) is 5.73 Å². The Labute approximate surface area is 199 Å². The molecule has 7 nitrogen and oxygen atoms in total. The number of halogens is 1. The molecule has 0 radical (unpaired) electrons. The van der Waals surface area contributed by atoms with E-state index in [0.29, 0.717) is 18.7 Å². The lowest BCUT2D eigenvalue weighted by Gasteiger charge is -2.30. The average molecular weight is 464 g/mol. The predicted octanol–water partition coefficient (Wildman–Crippen LogP) is 3.65. The van der Waals surface area contributed by atoms with E-state index in [1.54, 1.807) is 6.07 Å². The maximum Gasteiger partial charge on any atom is 0.271 e. The van der Waals surface area contributed by atoms with Crippen molar-refractivity contribution in [1.29, 1.82) is 0 Å². The highest BCUT2D eigenvalue weighted by atomic mass is 19.1. The average Bonchev–Trinajstić information content (AvgIpc) is 2.84. The largest absolute Gasteiger partial charge is 0.379 e. The molecule has 1 amide bonds. The molecular weight excluding hydrogens is 433 g/mol. The molecule has 1 fully saturated rings. The van der Waals surface area contributed by atoms with Crippen molar-refractivity contribution >= 4 is 17.3 Å². The highest BCUT2D eigenvalue weighted by molar-refractivity contribution is 5.96. The van der Waals surface area contributed by atoms with E-state index in [0.717, 1.165) is 50.4 Å². The van der Waals surface area contributed by atoms with Crippen molar-refractivity contribution < 1.29 is 13.9 Å². The SMILES string of the molecule is Cc1c(CCCc2cc(NCc3cccc(F)c3)c(C(N)=O)nn2)cccc1N1CCOCC1. The lowest BCUT2D eigenvalue weighted by molar-refractivity contribution is 0.0995. The number of nitrogens with two attached hydrogens (primary N) is 1. The second kappa shape index (κ2) is 11.1. The monoisotopic (exact) mass is 463 g/mol. The van der Waals surface area contributed by atoms with Gasteiger partial charge < -0.3 is 20.7 Å². The zero-order valence-electron chi connectivity index (χ0n) is 19.4. The minimum atomic E-state index is -0.656. The van der Waals surface area contributed by atoms with Crippen LogP contribution in [0.4, 0.5) is 15.8 Å². The van der Waals surface area contributed by atoms with Gasteiger partial charge in [-0.15, -0.1) is 5.10 Å². The van der Waals surface area contributed by atoms with Gasteiger partial charge >= 0.3 is 0 Å². The maximum atomic E-state index is 13.5. The van der Waals surface area contributed by atoms with Crippen molar-refractivity contribution in [3.8, 4) is 0 Å². The Balaban J connectivity index is 1.41. The number of carbonyl (C=O) groups excluding carboxylic acids is 1. The molecule has 1 saturated heterocycles. The lowest BCUT2D eigenvalue weighted by Crippen LogP contribution is -2.36. The minimum absolute atomic E-state index is 0.0780. The number of hydrogen-bond acceptors (Lipinski definition) is 6. The molecule has 1 aliphatic rings. The first-order valence-corrected chi connectivity index (χ1v) is 11.6. The van der Waals surface area contributed by atoms with E-state index >= 15 is 0 Å². The molecule has 178 valence electrons. The second-order valence-corrected chi connectivity index (χ2v) is 8.46. The fraction of sp³-hybridized carbons (Fsp3) is 0.346. The molecule has 4 rings (SSSR count). The summed E-state index contributed by atoms with van der Waals surface area (Å²) in [6.07, 6.45) is 2.51. The number of carbonyl (C=O) groups is 1. The fourth-order valence-electron chi connectivity index (χ4n) is 4.26. The molecule has 1 aliphatic heterocycles. The van der Waals surface area contributed by atoms with Gasteiger partial charge in [-0.25, -0.2) is 4.39 Å². The molecule has 8 heteroatoms. The summed E-state index contributed by atoms with van der Waals surface area (Å²) in [7, 11) is 0. The summed E-state index contributed by atoms with van der Waals surface area (Å²) >= 11 is 0. The van der Waals surface area contributed by atoms with Crippen molar-refractivity contribution in [3.63, 3.8) is 0 Å². The maximum absolute atomic E-state index is 13.5. The Hall–Kier alpha value is -3.52. The normalized spacial score (nSPS) is 13.6. The van der Waals surface area contributed by atoms with Gasteiger partial charge in [-0.3, -0.25) is 4.79 Å². The van der Waals surface area contributed by atoms with Crippen LogP contribution in [0.1, 0.15) is 39.3 Å². The summed E-state index contributed by atoms with van der Waals surface area (Å²) in [5.41, 5.74) is 11.5. The Bertz CT molecular complexity index is 1150. The van der Waals surface area contributed by atoms with Crippen LogP contribution in [-0.4, -0.2) is 42.4 Å². The molecule has 1 aromatic heterocycles. The smallest absolute Gasteiger partial charge is 0.271 e. The standard InChI is InChI=1S/C26H30FN5O2/c1-18-20(7-4-10-24(18)32-11-13-34-14-12-32)6-3-9-22-16-23(25(26(28)33)31-30-22)29-17-19-5-2-8-21(27)15-19/h2,4-5,7-8,10,15-16H,3,6,9,11-14,17H2,1H3,(H2,28,33)(H,29,30). The van der Waals surface area contributed by atoms with Gasteiger partial charge in [-0.2, -0.15) is 5.10 Å². The third kappa shape index (κ3) is 5.88. The minimum Gasteiger partial charge on any atom is -0.379 e. The van der Waals surface area contributed by atoms with Gasteiger partial charge in [0.15, 0.2) is 5.69 Å². The fourth-order valence-corrected chi connectivity index (χ4v) is 4.26. The number of morpholine rings is 1. The molecular formula is C26H30FN5O2. The van der Waals surface area contributed by atoms with Gasteiger partial charge in [-0.05, 0) is 67.1 Å². The zero-order valence-corrected chi connectivity index (χ0v) is 19.4. The van der Waals surface area contributed by atoms with Gasteiger partial charge in [-0.1, -0.05) is 24.3 Å². The Kier molecular flexibility index (Phi) is 7.69. The third-order valence-corrected chi connectivity index (χ3v) is 6.10. The lowest BCUT2D eigenvalue weighted by atomic mass is 9.99. The summed E-state index contributed by atoms with van der Waals surface area (Å²) in [6, 6.07) is 14.6. The van der Waals surface area contributed by atoms with E-state index in [2.05, 4.69) is 45.5 Å². The molecule has 0 unspecified atom stereocenters. The molecule has 0 spiro atoms. The van der Waals surface area contributed by atoms with Gasteiger partial charge in [0.2, 0.25) is 0 Å². The summed E-state index contributed by atoms with van der Waals surface area (Å²) in [5.74, 6) is -0.965. The van der Waals surface area contributed by atoms with Crippen LogP contribution < -0.4 is 16.0 Å². The van der Waals surface area contributed by atoms with E-state index in [1.807, 2.05) is 12.1 Å². The Morgan fingerprint density at radius 2 is 1.91 bits per heavy atom. The van der Waals surface area contributed by atoms with Crippen LogP contribution in [0.25, 0.3) is 0 Å². The van der Waals surface area contributed by atoms with Gasteiger partial charge in [0.05, 0.1) is 24.6 Å². The van der Waals surface area contributed by atoms with Crippen LogP contribution in [0.2, 0.25) is 0 Å². The molecule has 0 atom stereocenters. The summed E-state index contributed by atoms with van der Waals surface area (Å²) in [5, 5.41) is 11.4. The van der Waals surface area contributed by atoms with Crippen LogP contribution in [0.3, 0.4) is 0 Å². The van der Waals surface area contributed by atoms with Crippen molar-refractivity contribution in [2.45, 2.75) is 32.7 Å². The number of primary amides is 1. The van der Waals surface area contributed by atoms with E-state index in [9.17, 15) is 9.18 Å². The molecule has 3 aromatic rings. The third-order valence-electron chi connectivity index (χ3n) is 6.10. The van der Waals surface area contributed by atoms with Crippen molar-refractivity contribution in [2.75, 3.05) is 36.5 Å². The number of nitrogens with zero attached hydrogens (tertiary/aromatic N) is 3. The molecule has 0 aliphatic carbocycles. The highest BCUT2D eigenvalue weighted by Gasteiger charge is 2.16. The first-order valence-electron chi connectivity index (χ1n) is 11.6. The number of aryl methyl sites for hydroxylation is 2.